The van der Waals surface area contributed by atoms with Gasteiger partial charge in [-0.2, -0.15) is 5.10 Å². The van der Waals surface area contributed by atoms with Crippen molar-refractivity contribution >= 4 is 29.1 Å². The van der Waals surface area contributed by atoms with Crippen LogP contribution in [0.15, 0.2) is 53.7 Å². The van der Waals surface area contributed by atoms with Gasteiger partial charge in [-0.25, -0.2) is 19.0 Å². The molecule has 37 heavy (non-hydrogen) atoms. The Morgan fingerprint density at radius 3 is 2.41 bits per heavy atom. The van der Waals surface area contributed by atoms with E-state index in [1.807, 2.05) is 24.0 Å². The second-order valence-corrected chi connectivity index (χ2v) is 9.38. The average Bonchev–Trinajstić information content (AvgIpc) is 3.30. The molecular formula is C26H32ClN7O3. The average molecular weight is 526 g/mol. The van der Waals surface area contributed by atoms with E-state index in [2.05, 4.69) is 27.2 Å². The standard InChI is InChI=1S/C26H32ClN7O3/c1-3-11-28-17-24(35)32-14-12-31(13-15-32)23-10-9-21(16-29-23)33-18-30-34(26(33)37)22(4-2)25(36)19-5-7-20(27)8-6-19/h5-10,16,18,22,28H,3-4,11-15,17H2,1-2H3. The summed E-state index contributed by atoms with van der Waals surface area (Å²) >= 11 is 5.93. The number of anilines is 1. The van der Waals surface area contributed by atoms with E-state index in [1.54, 1.807) is 30.5 Å². The van der Waals surface area contributed by atoms with Crippen molar-refractivity contribution in [1.29, 1.82) is 0 Å². The first kappa shape index (κ1) is 26.6. The van der Waals surface area contributed by atoms with Crippen LogP contribution in [0.5, 0.6) is 0 Å². The Bertz CT molecular complexity index is 1260. The van der Waals surface area contributed by atoms with Gasteiger partial charge < -0.3 is 15.1 Å². The van der Waals surface area contributed by atoms with Crippen LogP contribution in [-0.2, 0) is 4.79 Å². The summed E-state index contributed by atoms with van der Waals surface area (Å²) in [7, 11) is 0. The van der Waals surface area contributed by atoms with Crippen molar-refractivity contribution in [3.05, 3.63) is 70.0 Å². The monoisotopic (exact) mass is 525 g/mol. The van der Waals surface area contributed by atoms with Crippen LogP contribution in [0.25, 0.3) is 5.69 Å². The number of piperazine rings is 1. The van der Waals surface area contributed by atoms with Crippen molar-refractivity contribution in [2.45, 2.75) is 32.7 Å². The Hall–Kier alpha value is -3.50. The molecule has 1 fully saturated rings. The SMILES string of the molecule is CCCNCC(=O)N1CCN(c2ccc(-n3cnn(C(CC)C(=O)c4ccc(Cl)cc4)c3=O)cn2)CC1. The maximum Gasteiger partial charge on any atom is 0.351 e. The van der Waals surface area contributed by atoms with Gasteiger partial charge >= 0.3 is 5.69 Å². The lowest BCUT2D eigenvalue weighted by Gasteiger charge is -2.35. The predicted octanol–water partition coefficient (Wildman–Crippen LogP) is 2.56. The Morgan fingerprint density at radius 1 is 1.05 bits per heavy atom. The second kappa shape index (κ2) is 12.2. The number of halogens is 1. The Labute approximate surface area is 220 Å². The van der Waals surface area contributed by atoms with Gasteiger partial charge in [-0.05, 0) is 55.8 Å². The van der Waals surface area contributed by atoms with Crippen molar-refractivity contribution in [1.82, 2.24) is 29.5 Å². The molecule has 1 aliphatic heterocycles. The highest BCUT2D eigenvalue weighted by atomic mass is 35.5. The number of amides is 1. The zero-order valence-corrected chi connectivity index (χ0v) is 21.9. The lowest BCUT2D eigenvalue weighted by Crippen LogP contribution is -2.51. The number of Topliss-reactive ketones (excluding diaryl/α,β-unsaturated/α-hetero) is 1. The summed E-state index contributed by atoms with van der Waals surface area (Å²) in [6.07, 6.45) is 4.44. The second-order valence-electron chi connectivity index (χ2n) is 8.94. The third-order valence-corrected chi connectivity index (χ3v) is 6.73. The molecule has 1 aromatic carbocycles. The number of hydrogen-bond donors (Lipinski definition) is 1. The number of carbonyl (C=O) groups excluding carboxylic acids is 2. The van der Waals surface area contributed by atoms with E-state index in [1.165, 1.54) is 15.6 Å². The van der Waals surface area contributed by atoms with Crippen LogP contribution in [0.3, 0.4) is 0 Å². The zero-order chi connectivity index (χ0) is 26.4. The highest BCUT2D eigenvalue weighted by Crippen LogP contribution is 2.19. The lowest BCUT2D eigenvalue weighted by atomic mass is 10.0. The number of ketones is 1. The van der Waals surface area contributed by atoms with E-state index >= 15 is 0 Å². The van der Waals surface area contributed by atoms with E-state index < -0.39 is 11.7 Å². The van der Waals surface area contributed by atoms with Crippen LogP contribution < -0.4 is 15.9 Å². The first-order chi connectivity index (χ1) is 17.9. The van der Waals surface area contributed by atoms with Crippen molar-refractivity contribution in [3.63, 3.8) is 0 Å². The van der Waals surface area contributed by atoms with Crippen LogP contribution >= 0.6 is 11.6 Å². The molecule has 2 aromatic heterocycles. The van der Waals surface area contributed by atoms with Gasteiger partial charge in [0.25, 0.3) is 0 Å². The lowest BCUT2D eigenvalue weighted by molar-refractivity contribution is -0.130. The molecular weight excluding hydrogens is 494 g/mol. The Morgan fingerprint density at radius 2 is 1.78 bits per heavy atom. The van der Waals surface area contributed by atoms with Crippen molar-refractivity contribution in [2.75, 3.05) is 44.2 Å². The molecule has 1 unspecified atom stereocenters. The summed E-state index contributed by atoms with van der Waals surface area (Å²) in [5.41, 5.74) is 0.625. The van der Waals surface area contributed by atoms with Crippen LogP contribution in [0.2, 0.25) is 5.02 Å². The fourth-order valence-electron chi connectivity index (χ4n) is 4.36. The molecule has 0 radical (unpaired) electrons. The molecule has 1 aliphatic rings. The number of aromatic nitrogens is 4. The van der Waals surface area contributed by atoms with Crippen LogP contribution in [0.1, 0.15) is 43.1 Å². The molecule has 196 valence electrons. The first-order valence-electron chi connectivity index (χ1n) is 12.6. The van der Waals surface area contributed by atoms with Gasteiger partial charge in [-0.3, -0.25) is 9.59 Å². The minimum atomic E-state index is -0.724. The maximum absolute atomic E-state index is 13.1. The summed E-state index contributed by atoms with van der Waals surface area (Å²) in [6, 6.07) is 9.55. The van der Waals surface area contributed by atoms with Crippen LogP contribution in [-0.4, -0.2) is 75.2 Å². The van der Waals surface area contributed by atoms with Gasteiger partial charge in [0.2, 0.25) is 5.91 Å². The fraction of sp³-hybridized carbons (Fsp3) is 0.423. The van der Waals surface area contributed by atoms with Gasteiger partial charge in [0, 0.05) is 36.8 Å². The molecule has 1 saturated heterocycles. The van der Waals surface area contributed by atoms with Crippen molar-refractivity contribution in [3.8, 4) is 5.69 Å². The van der Waals surface area contributed by atoms with Crippen LogP contribution in [0, 0.1) is 0 Å². The van der Waals surface area contributed by atoms with Gasteiger partial charge in [-0.15, -0.1) is 0 Å². The number of nitrogens with one attached hydrogen (secondary N) is 1. The van der Waals surface area contributed by atoms with Crippen molar-refractivity contribution < 1.29 is 9.59 Å². The molecule has 4 rings (SSSR count). The molecule has 0 saturated carbocycles. The minimum Gasteiger partial charge on any atom is -0.353 e. The van der Waals surface area contributed by atoms with E-state index in [0.717, 1.165) is 18.8 Å². The molecule has 0 spiro atoms. The van der Waals surface area contributed by atoms with Gasteiger partial charge in [0.05, 0.1) is 18.4 Å². The van der Waals surface area contributed by atoms with E-state index in [9.17, 15) is 14.4 Å². The Kier molecular flexibility index (Phi) is 8.73. The van der Waals surface area contributed by atoms with E-state index in [-0.39, 0.29) is 11.7 Å². The molecule has 3 aromatic rings. The molecule has 1 atom stereocenters. The summed E-state index contributed by atoms with van der Waals surface area (Å²) in [5.74, 6) is 0.705. The summed E-state index contributed by atoms with van der Waals surface area (Å²) in [4.78, 5) is 47.1. The van der Waals surface area contributed by atoms with Crippen molar-refractivity contribution in [2.24, 2.45) is 0 Å². The molecule has 1 N–H and O–H groups in total. The molecule has 11 heteroatoms. The third-order valence-electron chi connectivity index (χ3n) is 6.48. The number of carbonyl (C=O) groups is 2. The minimum absolute atomic E-state index is 0.118. The first-order valence-corrected chi connectivity index (χ1v) is 13.0. The zero-order valence-electron chi connectivity index (χ0n) is 21.1. The number of rotatable bonds is 10. The summed E-state index contributed by atoms with van der Waals surface area (Å²) in [5, 5.41) is 7.92. The highest BCUT2D eigenvalue weighted by molar-refractivity contribution is 6.30. The quantitative estimate of drug-likeness (QED) is 0.320. The maximum atomic E-state index is 13.1. The largest absolute Gasteiger partial charge is 0.353 e. The predicted molar refractivity (Wildman–Crippen MR) is 143 cm³/mol. The smallest absolute Gasteiger partial charge is 0.351 e. The number of hydrogen-bond acceptors (Lipinski definition) is 7. The molecule has 10 nitrogen and oxygen atoms in total. The summed E-state index contributed by atoms with van der Waals surface area (Å²) < 4.78 is 2.60. The fourth-order valence-corrected chi connectivity index (χ4v) is 4.49. The van der Waals surface area contributed by atoms with Gasteiger partial charge in [-0.1, -0.05) is 25.4 Å². The molecule has 0 aliphatic carbocycles. The normalized spacial score (nSPS) is 14.6. The number of nitrogens with zero attached hydrogens (tertiary/aromatic N) is 6. The number of benzene rings is 1. The van der Waals surface area contributed by atoms with Gasteiger partial charge in [0.1, 0.15) is 18.2 Å². The van der Waals surface area contributed by atoms with Gasteiger partial charge in [0.15, 0.2) is 5.78 Å². The number of pyridine rings is 1. The topological polar surface area (TPSA) is 105 Å². The van der Waals surface area contributed by atoms with Crippen LogP contribution in [0.4, 0.5) is 5.82 Å². The molecule has 0 bridgehead atoms. The molecule has 1 amide bonds. The molecule has 3 heterocycles. The highest BCUT2D eigenvalue weighted by Gasteiger charge is 2.25. The third kappa shape index (κ3) is 6.08. The van der Waals surface area contributed by atoms with E-state index in [4.69, 9.17) is 11.6 Å². The Balaban J connectivity index is 1.42. The summed E-state index contributed by atoms with van der Waals surface area (Å²) in [6.45, 7) is 7.78. The van der Waals surface area contributed by atoms with E-state index in [0.29, 0.717) is 55.4 Å².